The highest BCUT2D eigenvalue weighted by Gasteiger charge is 2.20. The first-order valence-electron chi connectivity index (χ1n) is 11.2. The molecule has 1 aliphatic carbocycles. The van der Waals surface area contributed by atoms with Crippen LogP contribution in [0.3, 0.4) is 0 Å². The van der Waals surface area contributed by atoms with Crippen LogP contribution in [-0.4, -0.2) is 24.7 Å². The van der Waals surface area contributed by atoms with E-state index in [4.69, 9.17) is 9.47 Å². The molecule has 5 heteroatoms. The molecular formula is C25H42FNO3. The van der Waals surface area contributed by atoms with Crippen molar-refractivity contribution < 1.29 is 20.1 Å². The lowest BCUT2D eigenvalue weighted by molar-refractivity contribution is -0.119. The van der Waals surface area contributed by atoms with E-state index in [9.17, 15) is 9.18 Å². The third-order valence-electron chi connectivity index (χ3n) is 5.20. The summed E-state index contributed by atoms with van der Waals surface area (Å²) in [5.74, 6) is 1.44. The Labute approximate surface area is 183 Å². The van der Waals surface area contributed by atoms with E-state index >= 15 is 0 Å². The van der Waals surface area contributed by atoms with Crippen LogP contribution in [0.2, 0.25) is 0 Å². The minimum atomic E-state index is -0.249. The molecule has 1 amide bonds. The van der Waals surface area contributed by atoms with E-state index in [1.54, 1.807) is 6.07 Å². The van der Waals surface area contributed by atoms with Gasteiger partial charge in [-0.15, -0.1) is 6.58 Å². The number of rotatable bonds is 9. The molecule has 2 rings (SSSR count). The molecule has 1 aliphatic rings. The van der Waals surface area contributed by atoms with Crippen molar-refractivity contribution in [3.05, 3.63) is 42.2 Å². The van der Waals surface area contributed by atoms with Crippen molar-refractivity contribution in [2.75, 3.05) is 6.61 Å². The Hall–Kier alpha value is -1.88. The van der Waals surface area contributed by atoms with Crippen molar-refractivity contribution in [3.63, 3.8) is 0 Å². The lowest BCUT2D eigenvalue weighted by Crippen LogP contribution is -2.29. The van der Waals surface area contributed by atoms with Crippen LogP contribution < -0.4 is 10.1 Å². The van der Waals surface area contributed by atoms with Gasteiger partial charge in [0.05, 0.1) is 19.3 Å². The van der Waals surface area contributed by atoms with E-state index in [0.717, 1.165) is 32.1 Å². The lowest BCUT2D eigenvalue weighted by atomic mass is 9.87. The zero-order valence-electron chi connectivity index (χ0n) is 19.4. The highest BCUT2D eigenvalue weighted by atomic mass is 19.1. The summed E-state index contributed by atoms with van der Waals surface area (Å²) in [6.07, 6.45) is 7.59. The summed E-state index contributed by atoms with van der Waals surface area (Å²) in [5, 5.41) is 2.75. The average molecular weight is 424 g/mol. The van der Waals surface area contributed by atoms with Crippen LogP contribution in [0.15, 0.2) is 30.9 Å². The van der Waals surface area contributed by atoms with Gasteiger partial charge in [-0.3, -0.25) is 4.79 Å². The summed E-state index contributed by atoms with van der Waals surface area (Å²) in [7, 11) is 0. The lowest BCUT2D eigenvalue weighted by Gasteiger charge is -2.26. The maximum Gasteiger partial charge on any atom is 0.217 e. The predicted octanol–water partition coefficient (Wildman–Crippen LogP) is 6.29. The number of carbonyl (C=O) groups excluding carboxylic acids is 1. The molecule has 0 unspecified atom stereocenters. The second kappa shape index (κ2) is 14.2. The number of hydrogen-bond donors (Lipinski definition) is 1. The molecule has 0 radical (unpaired) electrons. The maximum absolute atomic E-state index is 14.1. The Kier molecular flexibility index (Phi) is 12.4. The fraction of sp³-hybridized carbons (Fsp3) is 0.640. The normalized spacial score (nSPS) is 19.4. The van der Waals surface area contributed by atoms with Gasteiger partial charge in [-0.1, -0.05) is 32.9 Å². The van der Waals surface area contributed by atoms with Crippen LogP contribution >= 0.6 is 0 Å². The maximum atomic E-state index is 14.1. The minimum Gasteiger partial charge on any atom is -0.493 e. The third kappa shape index (κ3) is 10.8. The summed E-state index contributed by atoms with van der Waals surface area (Å²) in [6.45, 7) is 14.5. The van der Waals surface area contributed by atoms with Gasteiger partial charge in [-0.2, -0.15) is 0 Å². The number of allylic oxidation sites excluding steroid dienone is 1. The van der Waals surface area contributed by atoms with Crippen LogP contribution in [0.1, 0.15) is 73.7 Å². The van der Waals surface area contributed by atoms with Gasteiger partial charge < -0.3 is 14.8 Å². The first-order valence-corrected chi connectivity index (χ1v) is 11.2. The van der Waals surface area contributed by atoms with Crippen LogP contribution in [0.4, 0.5) is 4.39 Å². The van der Waals surface area contributed by atoms with Gasteiger partial charge in [0.1, 0.15) is 11.6 Å². The van der Waals surface area contributed by atoms with Crippen molar-refractivity contribution >= 4 is 5.91 Å². The summed E-state index contributed by atoms with van der Waals surface area (Å²) < 4.78 is 25.5. The van der Waals surface area contributed by atoms with Crippen molar-refractivity contribution in [1.29, 1.82) is 0 Å². The summed E-state index contributed by atoms with van der Waals surface area (Å²) in [5.41, 5.74) is 0.600. The highest BCUT2D eigenvalue weighted by Crippen LogP contribution is 2.28. The predicted molar refractivity (Wildman–Crippen MR) is 123 cm³/mol. The fourth-order valence-corrected chi connectivity index (χ4v) is 3.15. The van der Waals surface area contributed by atoms with Gasteiger partial charge in [-0.25, -0.2) is 4.39 Å². The van der Waals surface area contributed by atoms with E-state index in [1.807, 2.05) is 26.0 Å². The van der Waals surface area contributed by atoms with Crippen molar-refractivity contribution in [2.24, 2.45) is 11.8 Å². The molecule has 1 N–H and O–H groups in total. The Bertz CT molecular complexity index is 646. The van der Waals surface area contributed by atoms with E-state index in [1.165, 1.54) is 13.0 Å². The number of nitrogens with one attached hydrogen (secondary N) is 1. The van der Waals surface area contributed by atoms with Crippen molar-refractivity contribution in [3.8, 4) is 5.75 Å². The van der Waals surface area contributed by atoms with Crippen LogP contribution in [0.5, 0.6) is 5.75 Å². The summed E-state index contributed by atoms with van der Waals surface area (Å²) in [4.78, 5) is 10.3. The van der Waals surface area contributed by atoms with Gasteiger partial charge in [-0.05, 0) is 56.9 Å². The quantitative estimate of drug-likeness (QED) is 0.475. The standard InChI is InChI=1S/C19H27FO2.C6H13NO.H2/c1-4-15-5-8-17(9-6-15)22-13-16-7-10-18(11-19(16)20)21-12-14(2)3;1-4-5(2)7-6(3)8;/h4,7,10-11,14-15,17H,1,5-6,8-9,12-13H2,2-3H3;5H,4H2,1-3H3,(H,7,8);1H/t;5-;/m.0./s1. The van der Waals surface area contributed by atoms with Gasteiger partial charge in [0.2, 0.25) is 5.91 Å². The molecule has 0 spiro atoms. The van der Waals surface area contributed by atoms with Gasteiger partial charge in [0.25, 0.3) is 0 Å². The minimum absolute atomic E-state index is 0. The molecule has 1 atom stereocenters. The highest BCUT2D eigenvalue weighted by molar-refractivity contribution is 5.73. The number of ether oxygens (including phenoxy) is 2. The summed E-state index contributed by atoms with van der Waals surface area (Å²) >= 11 is 0. The SMILES string of the molecule is C=CC1CCC(OCc2ccc(OCC(C)C)cc2F)CC1.CC[C@H](C)NC(C)=O.[HH]. The van der Waals surface area contributed by atoms with E-state index in [2.05, 4.69) is 25.7 Å². The zero-order chi connectivity index (χ0) is 22.5. The van der Waals surface area contributed by atoms with E-state index < -0.39 is 0 Å². The molecule has 172 valence electrons. The third-order valence-corrected chi connectivity index (χ3v) is 5.20. The Balaban J connectivity index is 0.000000858. The van der Waals surface area contributed by atoms with Crippen LogP contribution in [0.25, 0.3) is 0 Å². The summed E-state index contributed by atoms with van der Waals surface area (Å²) in [6, 6.07) is 5.36. The number of benzene rings is 1. The monoisotopic (exact) mass is 423 g/mol. The molecule has 30 heavy (non-hydrogen) atoms. The molecule has 0 bridgehead atoms. The zero-order valence-corrected chi connectivity index (χ0v) is 19.4. The van der Waals surface area contributed by atoms with E-state index in [-0.39, 0.29) is 19.3 Å². The Morgan fingerprint density at radius 2 is 1.97 bits per heavy atom. The largest absolute Gasteiger partial charge is 0.493 e. The van der Waals surface area contributed by atoms with Gasteiger partial charge in [0.15, 0.2) is 0 Å². The number of carbonyl (C=O) groups is 1. The number of hydrogen-bond acceptors (Lipinski definition) is 3. The van der Waals surface area contributed by atoms with Gasteiger partial charge in [0, 0.05) is 26.0 Å². The first kappa shape index (κ1) is 26.2. The molecule has 1 aromatic carbocycles. The fourth-order valence-electron chi connectivity index (χ4n) is 3.15. The smallest absolute Gasteiger partial charge is 0.217 e. The Morgan fingerprint density at radius 1 is 1.30 bits per heavy atom. The van der Waals surface area contributed by atoms with Crippen molar-refractivity contribution in [1.82, 2.24) is 5.32 Å². The van der Waals surface area contributed by atoms with Gasteiger partial charge >= 0.3 is 0 Å². The molecule has 0 saturated heterocycles. The average Bonchev–Trinajstić information content (AvgIpc) is 2.71. The molecule has 4 nitrogen and oxygen atoms in total. The number of halogens is 1. The topological polar surface area (TPSA) is 47.6 Å². The number of amides is 1. The first-order chi connectivity index (χ1) is 14.2. The second-order valence-electron chi connectivity index (χ2n) is 8.55. The second-order valence-corrected chi connectivity index (χ2v) is 8.55. The molecule has 1 aromatic rings. The molecule has 0 heterocycles. The van der Waals surface area contributed by atoms with E-state index in [0.29, 0.717) is 42.4 Å². The van der Waals surface area contributed by atoms with Crippen LogP contribution in [0, 0.1) is 17.7 Å². The molecule has 1 saturated carbocycles. The molecule has 0 aromatic heterocycles. The van der Waals surface area contributed by atoms with Crippen molar-refractivity contribution in [2.45, 2.75) is 85.5 Å². The molecule has 0 aliphatic heterocycles. The Morgan fingerprint density at radius 3 is 2.43 bits per heavy atom. The van der Waals surface area contributed by atoms with Crippen LogP contribution in [-0.2, 0) is 16.1 Å². The molecule has 1 fully saturated rings. The molecular weight excluding hydrogens is 381 g/mol.